The van der Waals surface area contributed by atoms with Gasteiger partial charge in [0.25, 0.3) is 0 Å². The van der Waals surface area contributed by atoms with E-state index >= 15 is 0 Å². The summed E-state index contributed by atoms with van der Waals surface area (Å²) in [6.07, 6.45) is 4.98. The summed E-state index contributed by atoms with van der Waals surface area (Å²) in [6, 6.07) is 15.3. The average Bonchev–Trinajstić information content (AvgIpc) is 3.12. The Morgan fingerprint density at radius 1 is 1.00 bits per heavy atom. The van der Waals surface area contributed by atoms with Gasteiger partial charge in [0, 0.05) is 27.5 Å². The van der Waals surface area contributed by atoms with Crippen molar-refractivity contribution in [1.82, 2.24) is 14.8 Å². The van der Waals surface area contributed by atoms with Gasteiger partial charge >= 0.3 is 0 Å². The monoisotopic (exact) mass is 451 g/mol. The molecule has 2 aromatic heterocycles. The third kappa shape index (κ3) is 4.02. The summed E-state index contributed by atoms with van der Waals surface area (Å²) in [5, 5.41) is 7.33. The number of rotatable bonds is 4. The Kier molecular flexibility index (Phi) is 5.15. The van der Waals surface area contributed by atoms with E-state index in [2.05, 4.69) is 13.8 Å². The quantitative estimate of drug-likeness (QED) is 0.341. The minimum Gasteiger partial charge on any atom is -0.472 e. The number of aryl methyl sites for hydroxylation is 1. The van der Waals surface area contributed by atoms with Crippen LogP contribution in [0.25, 0.3) is 16.6 Å². The Labute approximate surface area is 191 Å². The van der Waals surface area contributed by atoms with E-state index in [-0.39, 0.29) is 5.41 Å². The molecular formula is C25H23Cl2N3O. The number of nitrogens with zero attached hydrogens (tertiary/aromatic N) is 3. The van der Waals surface area contributed by atoms with Gasteiger partial charge in [-0.1, -0.05) is 49.2 Å². The second-order valence-electron chi connectivity index (χ2n) is 8.90. The molecule has 6 heteroatoms. The fraction of sp³-hybridized carbons (Fsp3) is 0.280. The van der Waals surface area contributed by atoms with Gasteiger partial charge in [0.2, 0.25) is 5.88 Å². The van der Waals surface area contributed by atoms with Crippen LogP contribution in [-0.4, -0.2) is 14.8 Å². The molecule has 0 saturated heterocycles. The van der Waals surface area contributed by atoms with E-state index in [1.807, 2.05) is 59.4 Å². The minimum absolute atomic E-state index is 0.233. The standard InChI is InChI=1S/C25H23Cl2N3O/c1-25(2)12-11-22-20(13-25)23-21(14-28-22)24(31-15-16-3-5-17(26)6-4-16)30(29-23)19-9-7-18(27)8-10-19/h3-10,14H,11-13,15H2,1-2H3. The van der Waals surface area contributed by atoms with Crippen LogP contribution in [0.2, 0.25) is 10.0 Å². The molecule has 0 saturated carbocycles. The smallest absolute Gasteiger partial charge is 0.226 e. The molecule has 4 nitrogen and oxygen atoms in total. The van der Waals surface area contributed by atoms with Crippen LogP contribution >= 0.6 is 23.2 Å². The maximum atomic E-state index is 6.33. The molecule has 0 spiro atoms. The summed E-state index contributed by atoms with van der Waals surface area (Å²) >= 11 is 12.1. The van der Waals surface area contributed by atoms with E-state index in [1.54, 1.807) is 0 Å². The summed E-state index contributed by atoms with van der Waals surface area (Å²) in [7, 11) is 0. The minimum atomic E-state index is 0.233. The van der Waals surface area contributed by atoms with Crippen molar-refractivity contribution in [1.29, 1.82) is 0 Å². The number of halogens is 2. The lowest BCUT2D eigenvalue weighted by Gasteiger charge is -2.30. The highest BCUT2D eigenvalue weighted by Crippen LogP contribution is 2.39. The lowest BCUT2D eigenvalue weighted by atomic mass is 9.75. The molecule has 2 aromatic carbocycles. The van der Waals surface area contributed by atoms with Crippen molar-refractivity contribution in [2.24, 2.45) is 5.41 Å². The van der Waals surface area contributed by atoms with Crippen molar-refractivity contribution >= 4 is 34.1 Å². The third-order valence-electron chi connectivity index (χ3n) is 5.92. The predicted octanol–water partition coefficient (Wildman–Crippen LogP) is 6.82. The van der Waals surface area contributed by atoms with Gasteiger partial charge in [-0.05, 0) is 66.6 Å². The lowest BCUT2D eigenvalue weighted by molar-refractivity contribution is 0.288. The first kappa shape index (κ1) is 20.3. The molecule has 0 unspecified atom stereocenters. The summed E-state index contributed by atoms with van der Waals surface area (Å²) in [6.45, 7) is 5.03. The van der Waals surface area contributed by atoms with E-state index in [4.69, 9.17) is 38.0 Å². The highest BCUT2D eigenvalue weighted by Gasteiger charge is 2.30. The summed E-state index contributed by atoms with van der Waals surface area (Å²) < 4.78 is 8.19. The van der Waals surface area contributed by atoms with Crippen molar-refractivity contribution in [2.45, 2.75) is 39.7 Å². The molecule has 0 radical (unpaired) electrons. The topological polar surface area (TPSA) is 39.9 Å². The van der Waals surface area contributed by atoms with Crippen LogP contribution in [0.15, 0.2) is 54.7 Å². The summed E-state index contributed by atoms with van der Waals surface area (Å²) in [5.41, 5.74) is 5.52. The van der Waals surface area contributed by atoms with Gasteiger partial charge in [-0.15, -0.1) is 0 Å². The Morgan fingerprint density at radius 2 is 1.68 bits per heavy atom. The number of fused-ring (bicyclic) bond motifs is 3. The molecule has 0 atom stereocenters. The van der Waals surface area contributed by atoms with Crippen molar-refractivity contribution in [3.8, 4) is 11.6 Å². The van der Waals surface area contributed by atoms with Crippen LogP contribution < -0.4 is 4.74 Å². The van der Waals surface area contributed by atoms with Gasteiger partial charge in [-0.3, -0.25) is 4.98 Å². The fourth-order valence-corrected chi connectivity index (χ4v) is 4.42. The van der Waals surface area contributed by atoms with Crippen molar-refractivity contribution < 1.29 is 4.74 Å². The largest absolute Gasteiger partial charge is 0.472 e. The summed E-state index contributed by atoms with van der Waals surface area (Å²) in [4.78, 5) is 4.79. The molecule has 1 aliphatic rings. The molecule has 158 valence electrons. The zero-order chi connectivity index (χ0) is 21.6. The van der Waals surface area contributed by atoms with E-state index in [9.17, 15) is 0 Å². The second-order valence-corrected chi connectivity index (χ2v) is 9.77. The Bertz CT molecular complexity index is 1240. The zero-order valence-corrected chi connectivity index (χ0v) is 19.0. The second kappa shape index (κ2) is 7.85. The van der Waals surface area contributed by atoms with E-state index in [0.717, 1.165) is 47.1 Å². The van der Waals surface area contributed by atoms with Crippen LogP contribution in [0, 0.1) is 5.41 Å². The Hall–Kier alpha value is -2.56. The van der Waals surface area contributed by atoms with E-state index < -0.39 is 0 Å². The molecule has 0 fully saturated rings. The molecule has 31 heavy (non-hydrogen) atoms. The van der Waals surface area contributed by atoms with Gasteiger partial charge in [-0.2, -0.15) is 9.78 Å². The van der Waals surface area contributed by atoms with Gasteiger partial charge < -0.3 is 4.74 Å². The Balaban J connectivity index is 1.63. The lowest BCUT2D eigenvalue weighted by Crippen LogP contribution is -2.23. The number of benzene rings is 2. The maximum absolute atomic E-state index is 6.33. The van der Waals surface area contributed by atoms with Crippen LogP contribution in [0.5, 0.6) is 5.88 Å². The fourth-order valence-electron chi connectivity index (χ4n) is 4.16. The first-order valence-electron chi connectivity index (χ1n) is 10.4. The Morgan fingerprint density at radius 3 is 2.39 bits per heavy atom. The molecule has 0 amide bonds. The molecule has 0 aliphatic heterocycles. The average molecular weight is 452 g/mol. The first-order valence-corrected chi connectivity index (χ1v) is 11.2. The predicted molar refractivity (Wildman–Crippen MR) is 125 cm³/mol. The molecule has 5 rings (SSSR count). The van der Waals surface area contributed by atoms with Crippen LogP contribution in [0.3, 0.4) is 0 Å². The molecule has 0 bridgehead atoms. The summed E-state index contributed by atoms with van der Waals surface area (Å²) in [5.74, 6) is 0.686. The van der Waals surface area contributed by atoms with Crippen LogP contribution in [0.1, 0.15) is 37.1 Å². The maximum Gasteiger partial charge on any atom is 0.226 e. The highest BCUT2D eigenvalue weighted by molar-refractivity contribution is 6.30. The number of ether oxygens (including phenoxy) is 1. The van der Waals surface area contributed by atoms with Gasteiger partial charge in [-0.25, -0.2) is 0 Å². The zero-order valence-electron chi connectivity index (χ0n) is 17.5. The van der Waals surface area contributed by atoms with Crippen molar-refractivity contribution in [3.05, 3.63) is 81.6 Å². The highest BCUT2D eigenvalue weighted by atomic mass is 35.5. The number of hydrogen-bond acceptors (Lipinski definition) is 3. The van der Waals surface area contributed by atoms with Gasteiger partial charge in [0.1, 0.15) is 12.1 Å². The molecule has 1 aliphatic carbocycles. The van der Waals surface area contributed by atoms with Crippen molar-refractivity contribution in [3.63, 3.8) is 0 Å². The number of hydrogen-bond donors (Lipinski definition) is 0. The normalized spacial score (nSPS) is 15.1. The van der Waals surface area contributed by atoms with Crippen molar-refractivity contribution in [2.75, 3.05) is 0 Å². The van der Waals surface area contributed by atoms with Gasteiger partial charge in [0.05, 0.1) is 11.1 Å². The van der Waals surface area contributed by atoms with Crippen LogP contribution in [0.4, 0.5) is 0 Å². The molecule has 2 heterocycles. The number of aromatic nitrogens is 3. The molecule has 0 N–H and O–H groups in total. The molecular weight excluding hydrogens is 429 g/mol. The molecule has 4 aromatic rings. The third-order valence-corrected chi connectivity index (χ3v) is 6.42. The van der Waals surface area contributed by atoms with Gasteiger partial charge in [0.15, 0.2) is 0 Å². The number of pyridine rings is 1. The van der Waals surface area contributed by atoms with E-state index in [0.29, 0.717) is 22.5 Å². The van der Waals surface area contributed by atoms with E-state index in [1.165, 1.54) is 5.56 Å². The first-order chi connectivity index (χ1) is 14.9. The SMILES string of the molecule is CC1(C)CCc2ncc3c(OCc4ccc(Cl)cc4)n(-c4ccc(Cl)cc4)nc3c2C1. The van der Waals surface area contributed by atoms with Crippen LogP contribution in [-0.2, 0) is 19.4 Å².